The van der Waals surface area contributed by atoms with Gasteiger partial charge in [0.1, 0.15) is 6.04 Å². The topological polar surface area (TPSA) is 58.2 Å². The molecule has 2 amide bonds. The van der Waals surface area contributed by atoms with Gasteiger partial charge in [0.15, 0.2) is 0 Å². The molecule has 1 aromatic carbocycles. The molecule has 22 heavy (non-hydrogen) atoms. The molecule has 2 rings (SSSR count). The molecule has 0 fully saturated rings. The minimum absolute atomic E-state index is 0.0319. The predicted molar refractivity (Wildman–Crippen MR) is 89.0 cm³/mol. The summed E-state index contributed by atoms with van der Waals surface area (Å²) in [5.74, 6) is -0.376. The molecule has 1 atom stereocenters. The number of hydrogen-bond donors (Lipinski definition) is 2. The van der Waals surface area contributed by atoms with E-state index >= 15 is 0 Å². The average molecular weight is 316 g/mol. The Morgan fingerprint density at radius 2 is 1.77 bits per heavy atom. The smallest absolute Gasteiger partial charge is 0.262 e. The highest BCUT2D eigenvalue weighted by atomic mass is 32.1. The SMILES string of the molecule is CC(C)NC(=O)C(Cc1ccccc1)NC(=O)c1cccs1. The van der Waals surface area contributed by atoms with Crippen molar-refractivity contribution in [2.45, 2.75) is 32.4 Å². The summed E-state index contributed by atoms with van der Waals surface area (Å²) < 4.78 is 0. The Bertz CT molecular complexity index is 609. The highest BCUT2D eigenvalue weighted by Gasteiger charge is 2.22. The molecule has 0 aliphatic heterocycles. The molecular weight excluding hydrogens is 296 g/mol. The highest BCUT2D eigenvalue weighted by Crippen LogP contribution is 2.10. The number of thiophene rings is 1. The van der Waals surface area contributed by atoms with Crippen LogP contribution >= 0.6 is 11.3 Å². The van der Waals surface area contributed by atoms with Crippen LogP contribution in [-0.4, -0.2) is 23.9 Å². The third-order valence-electron chi connectivity index (χ3n) is 3.08. The van der Waals surface area contributed by atoms with Crippen molar-refractivity contribution in [3.8, 4) is 0 Å². The molecule has 2 N–H and O–H groups in total. The number of nitrogens with one attached hydrogen (secondary N) is 2. The van der Waals surface area contributed by atoms with Crippen LogP contribution in [0.15, 0.2) is 47.8 Å². The quantitative estimate of drug-likeness (QED) is 0.860. The molecule has 2 aromatic rings. The Hall–Kier alpha value is -2.14. The van der Waals surface area contributed by atoms with Crippen LogP contribution in [0.25, 0.3) is 0 Å². The largest absolute Gasteiger partial charge is 0.352 e. The fourth-order valence-electron chi connectivity index (χ4n) is 2.08. The van der Waals surface area contributed by atoms with Crippen LogP contribution in [0.1, 0.15) is 29.1 Å². The zero-order chi connectivity index (χ0) is 15.9. The molecule has 0 radical (unpaired) electrons. The molecule has 0 spiro atoms. The van der Waals surface area contributed by atoms with Gasteiger partial charge in [-0.1, -0.05) is 36.4 Å². The first-order valence-electron chi connectivity index (χ1n) is 7.25. The summed E-state index contributed by atoms with van der Waals surface area (Å²) in [5.41, 5.74) is 1.01. The summed E-state index contributed by atoms with van der Waals surface area (Å²) >= 11 is 1.36. The summed E-state index contributed by atoms with van der Waals surface area (Å²) in [4.78, 5) is 25.2. The minimum atomic E-state index is -0.584. The van der Waals surface area contributed by atoms with Crippen LogP contribution in [0.3, 0.4) is 0 Å². The van der Waals surface area contributed by atoms with E-state index < -0.39 is 6.04 Å². The normalized spacial score (nSPS) is 12.0. The third kappa shape index (κ3) is 4.70. The number of carbonyl (C=O) groups excluding carboxylic acids is 2. The van der Waals surface area contributed by atoms with Gasteiger partial charge in [-0.3, -0.25) is 9.59 Å². The van der Waals surface area contributed by atoms with Gasteiger partial charge in [0.2, 0.25) is 5.91 Å². The second kappa shape index (κ2) is 7.75. The number of amides is 2. The summed E-state index contributed by atoms with van der Waals surface area (Å²) in [6.45, 7) is 3.80. The molecule has 0 saturated heterocycles. The van der Waals surface area contributed by atoms with Gasteiger partial charge in [-0.2, -0.15) is 0 Å². The summed E-state index contributed by atoms with van der Waals surface area (Å²) in [6.07, 6.45) is 0.469. The van der Waals surface area contributed by atoms with E-state index in [9.17, 15) is 9.59 Å². The monoisotopic (exact) mass is 316 g/mol. The lowest BCUT2D eigenvalue weighted by atomic mass is 10.0. The van der Waals surface area contributed by atoms with Crippen molar-refractivity contribution in [3.05, 3.63) is 58.3 Å². The van der Waals surface area contributed by atoms with Gasteiger partial charge < -0.3 is 10.6 Å². The lowest BCUT2D eigenvalue weighted by Crippen LogP contribution is -2.49. The van der Waals surface area contributed by atoms with E-state index in [0.29, 0.717) is 11.3 Å². The Balaban J connectivity index is 2.10. The lowest BCUT2D eigenvalue weighted by molar-refractivity contribution is -0.123. The Labute approximate surface area is 134 Å². The Morgan fingerprint density at radius 3 is 2.36 bits per heavy atom. The van der Waals surface area contributed by atoms with Crippen molar-refractivity contribution >= 4 is 23.2 Å². The van der Waals surface area contributed by atoms with Crippen molar-refractivity contribution in [3.63, 3.8) is 0 Å². The van der Waals surface area contributed by atoms with Crippen molar-refractivity contribution in [1.82, 2.24) is 10.6 Å². The van der Waals surface area contributed by atoms with E-state index in [-0.39, 0.29) is 17.9 Å². The minimum Gasteiger partial charge on any atom is -0.352 e. The number of carbonyl (C=O) groups is 2. The van der Waals surface area contributed by atoms with E-state index in [4.69, 9.17) is 0 Å². The second-order valence-corrected chi connectivity index (χ2v) is 6.30. The van der Waals surface area contributed by atoms with Crippen LogP contribution in [0.5, 0.6) is 0 Å². The first-order valence-corrected chi connectivity index (χ1v) is 8.13. The molecule has 1 heterocycles. The van der Waals surface area contributed by atoms with Gasteiger partial charge >= 0.3 is 0 Å². The van der Waals surface area contributed by atoms with Crippen molar-refractivity contribution in [2.75, 3.05) is 0 Å². The van der Waals surface area contributed by atoms with Crippen molar-refractivity contribution in [1.29, 1.82) is 0 Å². The van der Waals surface area contributed by atoms with Crippen LogP contribution in [0.4, 0.5) is 0 Å². The fraction of sp³-hybridized carbons (Fsp3) is 0.294. The molecule has 0 aliphatic rings. The summed E-state index contributed by atoms with van der Waals surface area (Å²) in [7, 11) is 0. The standard InChI is InChI=1S/C17H20N2O2S/c1-12(2)18-16(20)14(11-13-7-4-3-5-8-13)19-17(21)15-9-6-10-22-15/h3-10,12,14H,11H2,1-2H3,(H,18,20)(H,19,21). The molecule has 0 aliphatic carbocycles. The van der Waals surface area contributed by atoms with Gasteiger partial charge in [0.05, 0.1) is 4.88 Å². The van der Waals surface area contributed by atoms with Gasteiger partial charge in [0, 0.05) is 12.5 Å². The average Bonchev–Trinajstić information content (AvgIpc) is 3.01. The second-order valence-electron chi connectivity index (χ2n) is 5.36. The fourth-order valence-corrected chi connectivity index (χ4v) is 2.71. The highest BCUT2D eigenvalue weighted by molar-refractivity contribution is 7.12. The molecular formula is C17H20N2O2S. The maximum absolute atomic E-state index is 12.3. The van der Waals surface area contributed by atoms with Gasteiger partial charge in [-0.05, 0) is 30.9 Å². The third-order valence-corrected chi connectivity index (χ3v) is 3.95. The molecule has 0 saturated carbocycles. The number of rotatable bonds is 6. The van der Waals surface area contributed by atoms with E-state index in [1.165, 1.54) is 11.3 Å². The van der Waals surface area contributed by atoms with Crippen LogP contribution in [0, 0.1) is 0 Å². The Morgan fingerprint density at radius 1 is 1.05 bits per heavy atom. The first-order chi connectivity index (χ1) is 10.6. The maximum Gasteiger partial charge on any atom is 0.262 e. The molecule has 1 unspecified atom stereocenters. The zero-order valence-corrected chi connectivity index (χ0v) is 13.5. The number of benzene rings is 1. The Kier molecular flexibility index (Phi) is 5.72. The van der Waals surface area contributed by atoms with Gasteiger partial charge in [-0.15, -0.1) is 11.3 Å². The summed E-state index contributed by atoms with van der Waals surface area (Å²) in [6, 6.07) is 12.7. The zero-order valence-electron chi connectivity index (χ0n) is 12.7. The molecule has 0 bridgehead atoms. The van der Waals surface area contributed by atoms with E-state index in [1.54, 1.807) is 6.07 Å². The van der Waals surface area contributed by atoms with Gasteiger partial charge in [-0.25, -0.2) is 0 Å². The van der Waals surface area contributed by atoms with E-state index in [2.05, 4.69) is 10.6 Å². The van der Waals surface area contributed by atoms with Crippen molar-refractivity contribution < 1.29 is 9.59 Å². The van der Waals surface area contributed by atoms with E-state index in [1.807, 2.05) is 55.6 Å². The molecule has 1 aromatic heterocycles. The van der Waals surface area contributed by atoms with Gasteiger partial charge in [0.25, 0.3) is 5.91 Å². The predicted octanol–water partition coefficient (Wildman–Crippen LogP) is 2.61. The van der Waals surface area contributed by atoms with Crippen molar-refractivity contribution in [2.24, 2.45) is 0 Å². The van der Waals surface area contributed by atoms with Crippen LogP contribution in [-0.2, 0) is 11.2 Å². The molecule has 4 nitrogen and oxygen atoms in total. The van der Waals surface area contributed by atoms with Crippen LogP contribution in [0.2, 0.25) is 0 Å². The maximum atomic E-state index is 12.3. The molecule has 116 valence electrons. The van der Waals surface area contributed by atoms with Crippen LogP contribution < -0.4 is 10.6 Å². The first kappa shape index (κ1) is 16.2. The summed E-state index contributed by atoms with van der Waals surface area (Å²) in [5, 5.41) is 7.54. The number of hydrogen-bond acceptors (Lipinski definition) is 3. The van der Waals surface area contributed by atoms with E-state index in [0.717, 1.165) is 5.56 Å². The lowest BCUT2D eigenvalue weighted by Gasteiger charge is -2.19. The molecule has 5 heteroatoms.